The predicted octanol–water partition coefficient (Wildman–Crippen LogP) is 1.54. The Kier molecular flexibility index (Phi) is 4.03. The van der Waals surface area contributed by atoms with Crippen LogP contribution in [0.5, 0.6) is 11.5 Å². The molecule has 1 aromatic carbocycles. The van der Waals surface area contributed by atoms with Gasteiger partial charge in [-0.25, -0.2) is 13.1 Å². The van der Waals surface area contributed by atoms with Crippen LogP contribution in [0.1, 0.15) is 24.2 Å². The van der Waals surface area contributed by atoms with Crippen LogP contribution in [0.25, 0.3) is 0 Å². The maximum atomic E-state index is 12.6. The Morgan fingerprint density at radius 2 is 1.96 bits per heavy atom. The molecule has 0 spiro atoms. The summed E-state index contributed by atoms with van der Waals surface area (Å²) in [5.41, 5.74) is 1.76. The first-order valence-corrected chi connectivity index (χ1v) is 8.77. The second-order valence-corrected chi connectivity index (χ2v) is 7.17. The molecule has 124 valence electrons. The zero-order valence-corrected chi connectivity index (χ0v) is 14.1. The lowest BCUT2D eigenvalue weighted by Crippen LogP contribution is -2.27. The number of rotatable bonds is 4. The topological polar surface area (TPSA) is 82.5 Å². The molecule has 0 aliphatic carbocycles. The summed E-state index contributed by atoms with van der Waals surface area (Å²) in [6.45, 7) is 4.57. The van der Waals surface area contributed by atoms with Crippen LogP contribution in [-0.2, 0) is 17.1 Å². The maximum Gasteiger partial charge on any atom is 0.241 e. The van der Waals surface area contributed by atoms with Crippen LogP contribution in [0.15, 0.2) is 29.3 Å². The molecular formula is C15H19N3O4S. The van der Waals surface area contributed by atoms with Crippen LogP contribution in [0, 0.1) is 6.92 Å². The summed E-state index contributed by atoms with van der Waals surface area (Å²) in [5.74, 6) is 1.01. The van der Waals surface area contributed by atoms with Gasteiger partial charge in [0.05, 0.1) is 11.1 Å². The molecule has 0 bridgehead atoms. The van der Waals surface area contributed by atoms with Crippen molar-refractivity contribution in [2.45, 2.75) is 24.8 Å². The quantitative estimate of drug-likeness (QED) is 0.915. The molecule has 7 nitrogen and oxygen atoms in total. The van der Waals surface area contributed by atoms with E-state index >= 15 is 0 Å². The van der Waals surface area contributed by atoms with Gasteiger partial charge in [0, 0.05) is 30.4 Å². The lowest BCUT2D eigenvalue weighted by Gasteiger charge is -2.19. The Morgan fingerprint density at radius 1 is 1.26 bits per heavy atom. The molecule has 2 heterocycles. The Labute approximate surface area is 135 Å². The van der Waals surface area contributed by atoms with Gasteiger partial charge in [-0.2, -0.15) is 5.10 Å². The molecule has 1 N–H and O–H groups in total. The predicted molar refractivity (Wildman–Crippen MR) is 84.1 cm³/mol. The summed E-state index contributed by atoms with van der Waals surface area (Å²) in [6, 6.07) is 4.23. The summed E-state index contributed by atoms with van der Waals surface area (Å²) in [4.78, 5) is 0.148. The number of nitrogens with zero attached hydrogens (tertiary/aromatic N) is 2. The Bertz CT molecular complexity index is 829. The van der Waals surface area contributed by atoms with Crippen molar-refractivity contribution in [3.63, 3.8) is 0 Å². The molecule has 23 heavy (non-hydrogen) atoms. The van der Waals surface area contributed by atoms with E-state index in [0.29, 0.717) is 24.7 Å². The van der Waals surface area contributed by atoms with E-state index in [-0.39, 0.29) is 10.9 Å². The van der Waals surface area contributed by atoms with Gasteiger partial charge >= 0.3 is 0 Å². The van der Waals surface area contributed by atoms with E-state index in [4.69, 9.17) is 9.47 Å². The number of hydrogen-bond acceptors (Lipinski definition) is 5. The Balaban J connectivity index is 1.85. The number of ether oxygens (including phenoxy) is 2. The molecule has 0 saturated carbocycles. The van der Waals surface area contributed by atoms with E-state index in [9.17, 15) is 8.42 Å². The number of nitrogens with one attached hydrogen (secondary N) is 1. The third-order valence-corrected chi connectivity index (χ3v) is 5.43. The van der Waals surface area contributed by atoms with Gasteiger partial charge in [0.15, 0.2) is 11.5 Å². The lowest BCUT2D eigenvalue weighted by atomic mass is 10.1. The van der Waals surface area contributed by atoms with Crippen LogP contribution in [0.2, 0.25) is 0 Å². The number of hydrogen-bond donors (Lipinski definition) is 1. The number of sulfonamides is 1. The average molecular weight is 337 g/mol. The lowest BCUT2D eigenvalue weighted by molar-refractivity contribution is 0.171. The van der Waals surface area contributed by atoms with E-state index in [0.717, 1.165) is 11.3 Å². The normalized spacial score (nSPS) is 15.4. The number of benzene rings is 1. The zero-order valence-electron chi connectivity index (χ0n) is 13.2. The fraction of sp³-hybridized carbons (Fsp3) is 0.400. The molecule has 8 heteroatoms. The summed E-state index contributed by atoms with van der Waals surface area (Å²) < 4.78 is 40.4. The molecular weight excluding hydrogens is 318 g/mol. The van der Waals surface area contributed by atoms with Gasteiger partial charge in [0.1, 0.15) is 13.2 Å². The minimum absolute atomic E-state index is 0.148. The van der Waals surface area contributed by atoms with Crippen LogP contribution in [-0.4, -0.2) is 31.4 Å². The summed E-state index contributed by atoms with van der Waals surface area (Å²) in [6.07, 6.45) is 1.67. The zero-order chi connectivity index (χ0) is 16.6. The largest absolute Gasteiger partial charge is 0.486 e. The van der Waals surface area contributed by atoms with Crippen molar-refractivity contribution in [2.75, 3.05) is 13.2 Å². The molecule has 1 aliphatic rings. The summed E-state index contributed by atoms with van der Waals surface area (Å²) >= 11 is 0. The van der Waals surface area contributed by atoms with Crippen molar-refractivity contribution in [2.24, 2.45) is 7.05 Å². The molecule has 1 atom stereocenters. The van der Waals surface area contributed by atoms with Crippen LogP contribution in [0.3, 0.4) is 0 Å². The fourth-order valence-electron chi connectivity index (χ4n) is 2.50. The van der Waals surface area contributed by atoms with E-state index in [1.54, 1.807) is 23.9 Å². The van der Waals surface area contributed by atoms with Gasteiger partial charge in [-0.1, -0.05) is 0 Å². The second-order valence-electron chi connectivity index (χ2n) is 5.46. The van der Waals surface area contributed by atoms with Gasteiger partial charge in [0.2, 0.25) is 10.0 Å². The molecule has 1 aliphatic heterocycles. The third kappa shape index (κ3) is 3.04. The minimum atomic E-state index is -3.67. The molecule has 0 saturated heterocycles. The minimum Gasteiger partial charge on any atom is -0.486 e. The van der Waals surface area contributed by atoms with E-state index in [1.807, 2.05) is 14.0 Å². The standard InChI is InChI=1S/C15H19N3O4S/c1-10(13-9-16-18(3)11(13)2)17-23(19,20)12-4-5-14-15(8-12)22-7-6-21-14/h4-5,8-10,17H,6-7H2,1-3H3/t10-/m1/s1. The molecule has 3 rings (SSSR count). The first-order chi connectivity index (χ1) is 10.9. The highest BCUT2D eigenvalue weighted by atomic mass is 32.2. The van der Waals surface area contributed by atoms with Gasteiger partial charge in [-0.05, 0) is 26.0 Å². The SMILES string of the molecule is Cc1c([C@@H](C)NS(=O)(=O)c2ccc3c(c2)OCCO3)cnn1C. The third-order valence-electron chi connectivity index (χ3n) is 3.90. The first-order valence-electron chi connectivity index (χ1n) is 7.29. The molecule has 1 aromatic heterocycles. The Hall–Kier alpha value is -2.06. The first kappa shape index (κ1) is 15.8. The Morgan fingerprint density at radius 3 is 2.61 bits per heavy atom. The highest BCUT2D eigenvalue weighted by Crippen LogP contribution is 2.32. The van der Waals surface area contributed by atoms with Crippen molar-refractivity contribution in [1.82, 2.24) is 14.5 Å². The van der Waals surface area contributed by atoms with Crippen LogP contribution >= 0.6 is 0 Å². The highest BCUT2D eigenvalue weighted by molar-refractivity contribution is 7.89. The monoisotopic (exact) mass is 337 g/mol. The van der Waals surface area contributed by atoms with Crippen LogP contribution in [0.4, 0.5) is 0 Å². The second kappa shape index (κ2) is 5.86. The smallest absolute Gasteiger partial charge is 0.241 e. The van der Waals surface area contributed by atoms with Gasteiger partial charge in [-0.15, -0.1) is 0 Å². The van der Waals surface area contributed by atoms with Crippen molar-refractivity contribution < 1.29 is 17.9 Å². The highest BCUT2D eigenvalue weighted by Gasteiger charge is 2.23. The van der Waals surface area contributed by atoms with Crippen molar-refractivity contribution >= 4 is 10.0 Å². The van der Waals surface area contributed by atoms with Crippen molar-refractivity contribution in [3.05, 3.63) is 35.7 Å². The molecule has 0 radical (unpaired) electrons. The maximum absolute atomic E-state index is 12.6. The van der Waals surface area contributed by atoms with Gasteiger partial charge in [0.25, 0.3) is 0 Å². The number of aryl methyl sites for hydroxylation is 1. The van der Waals surface area contributed by atoms with E-state index < -0.39 is 10.0 Å². The van der Waals surface area contributed by atoms with E-state index in [1.165, 1.54) is 12.1 Å². The number of aromatic nitrogens is 2. The van der Waals surface area contributed by atoms with Crippen molar-refractivity contribution in [1.29, 1.82) is 0 Å². The molecule has 0 unspecified atom stereocenters. The number of fused-ring (bicyclic) bond motifs is 1. The van der Waals surface area contributed by atoms with Gasteiger partial charge in [-0.3, -0.25) is 4.68 Å². The van der Waals surface area contributed by atoms with E-state index in [2.05, 4.69) is 9.82 Å². The van der Waals surface area contributed by atoms with Crippen molar-refractivity contribution in [3.8, 4) is 11.5 Å². The molecule has 0 amide bonds. The summed E-state index contributed by atoms with van der Waals surface area (Å²) in [5, 5.41) is 4.14. The summed E-state index contributed by atoms with van der Waals surface area (Å²) in [7, 11) is -1.85. The van der Waals surface area contributed by atoms with Crippen LogP contribution < -0.4 is 14.2 Å². The fourth-order valence-corrected chi connectivity index (χ4v) is 3.73. The average Bonchev–Trinajstić information content (AvgIpc) is 2.86. The molecule has 2 aromatic rings. The molecule has 0 fully saturated rings. The van der Waals surface area contributed by atoms with Gasteiger partial charge < -0.3 is 9.47 Å².